The van der Waals surface area contributed by atoms with E-state index in [0.717, 1.165) is 40.3 Å². The van der Waals surface area contributed by atoms with Crippen molar-refractivity contribution in [2.24, 2.45) is 0 Å². The summed E-state index contributed by atoms with van der Waals surface area (Å²) < 4.78 is 5.52. The Balaban J connectivity index is 2.14. The molecule has 1 fully saturated rings. The van der Waals surface area contributed by atoms with E-state index in [2.05, 4.69) is 11.0 Å². The Bertz CT molecular complexity index is 526. The summed E-state index contributed by atoms with van der Waals surface area (Å²) in [6.07, 6.45) is 4.30. The van der Waals surface area contributed by atoms with Gasteiger partial charge in [-0.05, 0) is 31.4 Å². The number of halogens is 1. The number of hydrogen-bond donors (Lipinski definition) is 0. The predicted molar refractivity (Wildman–Crippen MR) is 67.4 cm³/mol. The van der Waals surface area contributed by atoms with Crippen LogP contribution in [0, 0.1) is 6.92 Å². The summed E-state index contributed by atoms with van der Waals surface area (Å²) in [5, 5.41) is 1.95. The van der Waals surface area contributed by atoms with E-state index in [1.165, 1.54) is 12.8 Å². The summed E-state index contributed by atoms with van der Waals surface area (Å²) in [6, 6.07) is 4.08. The van der Waals surface area contributed by atoms with Gasteiger partial charge in [0.05, 0.1) is 17.0 Å². The molecule has 0 aliphatic carbocycles. The Morgan fingerprint density at radius 1 is 1.25 bits per heavy atom. The zero-order chi connectivity index (χ0) is 11.1. The van der Waals surface area contributed by atoms with Crippen molar-refractivity contribution in [2.75, 3.05) is 18.0 Å². The molecule has 84 valence electrons. The highest BCUT2D eigenvalue weighted by atomic mass is 35.5. The zero-order valence-corrected chi connectivity index (χ0v) is 10.0. The lowest BCUT2D eigenvalue weighted by molar-refractivity contribution is 0.613. The summed E-state index contributed by atoms with van der Waals surface area (Å²) in [5.74, 6) is 0. The van der Waals surface area contributed by atoms with Crippen molar-refractivity contribution in [3.63, 3.8) is 0 Å². The number of hydrogen-bond acceptors (Lipinski definition) is 2. The van der Waals surface area contributed by atoms with E-state index in [-0.39, 0.29) is 0 Å². The summed E-state index contributed by atoms with van der Waals surface area (Å²) >= 11 is 6.33. The normalized spacial score (nSPS) is 16.2. The molecule has 1 aromatic carbocycles. The van der Waals surface area contributed by atoms with Crippen molar-refractivity contribution in [3.8, 4) is 0 Å². The molecule has 2 aromatic rings. The lowest BCUT2D eigenvalue weighted by Crippen LogP contribution is -2.17. The summed E-state index contributed by atoms with van der Waals surface area (Å²) in [7, 11) is 0. The van der Waals surface area contributed by atoms with Crippen LogP contribution in [0.5, 0.6) is 0 Å². The van der Waals surface area contributed by atoms with Crippen LogP contribution in [0.15, 0.2) is 22.8 Å². The van der Waals surface area contributed by atoms with Crippen molar-refractivity contribution >= 4 is 28.3 Å². The predicted octanol–water partition coefficient (Wildman–Crippen LogP) is 3.99. The van der Waals surface area contributed by atoms with Gasteiger partial charge in [-0.15, -0.1) is 0 Å². The molecule has 0 N–H and O–H groups in total. The molecule has 2 heterocycles. The molecule has 0 radical (unpaired) electrons. The Hall–Kier alpha value is -1.15. The van der Waals surface area contributed by atoms with Crippen molar-refractivity contribution < 1.29 is 4.42 Å². The number of benzene rings is 1. The Morgan fingerprint density at radius 3 is 2.75 bits per heavy atom. The maximum Gasteiger partial charge on any atom is 0.136 e. The molecular formula is C13H14ClNO. The van der Waals surface area contributed by atoms with Crippen LogP contribution in [0.1, 0.15) is 18.4 Å². The van der Waals surface area contributed by atoms with Gasteiger partial charge in [0.1, 0.15) is 5.58 Å². The molecule has 0 atom stereocenters. The molecule has 2 nitrogen and oxygen atoms in total. The van der Waals surface area contributed by atoms with Gasteiger partial charge in [-0.25, -0.2) is 0 Å². The zero-order valence-electron chi connectivity index (χ0n) is 9.29. The van der Waals surface area contributed by atoms with Crippen molar-refractivity contribution in [3.05, 3.63) is 29.0 Å². The monoisotopic (exact) mass is 235 g/mol. The van der Waals surface area contributed by atoms with Crippen LogP contribution in [-0.2, 0) is 0 Å². The van der Waals surface area contributed by atoms with Crippen LogP contribution in [0.4, 0.5) is 5.69 Å². The molecule has 0 spiro atoms. The van der Waals surface area contributed by atoms with Crippen molar-refractivity contribution in [1.82, 2.24) is 0 Å². The van der Waals surface area contributed by atoms with Gasteiger partial charge in [-0.1, -0.05) is 11.6 Å². The van der Waals surface area contributed by atoms with Gasteiger partial charge < -0.3 is 9.32 Å². The minimum atomic E-state index is 0.832. The van der Waals surface area contributed by atoms with E-state index in [4.69, 9.17) is 16.0 Å². The van der Waals surface area contributed by atoms with E-state index in [1.54, 1.807) is 6.26 Å². The highest BCUT2D eigenvalue weighted by Crippen LogP contribution is 2.34. The van der Waals surface area contributed by atoms with Crippen molar-refractivity contribution in [1.29, 1.82) is 0 Å². The number of furan rings is 1. The smallest absolute Gasteiger partial charge is 0.136 e. The summed E-state index contributed by atoms with van der Waals surface area (Å²) in [6.45, 7) is 4.24. The van der Waals surface area contributed by atoms with Gasteiger partial charge in [-0.2, -0.15) is 0 Å². The maximum atomic E-state index is 6.33. The summed E-state index contributed by atoms with van der Waals surface area (Å²) in [4.78, 5) is 2.33. The van der Waals surface area contributed by atoms with Crippen LogP contribution in [-0.4, -0.2) is 13.1 Å². The number of aryl methyl sites for hydroxylation is 1. The lowest BCUT2D eigenvalue weighted by Gasteiger charge is -2.18. The Kier molecular flexibility index (Phi) is 2.32. The number of anilines is 1. The fourth-order valence-corrected chi connectivity index (χ4v) is 2.65. The first-order valence-electron chi connectivity index (χ1n) is 5.68. The molecule has 3 heteroatoms. The third-order valence-electron chi connectivity index (χ3n) is 3.28. The molecule has 0 unspecified atom stereocenters. The van der Waals surface area contributed by atoms with E-state index < -0.39 is 0 Å². The van der Waals surface area contributed by atoms with Crippen LogP contribution in [0.3, 0.4) is 0 Å². The van der Waals surface area contributed by atoms with Gasteiger partial charge in [0.15, 0.2) is 0 Å². The Labute approximate surface area is 99.8 Å². The minimum absolute atomic E-state index is 0.832. The molecule has 0 bridgehead atoms. The third-order valence-corrected chi connectivity index (χ3v) is 3.59. The molecule has 0 amide bonds. The van der Waals surface area contributed by atoms with E-state index in [0.29, 0.717) is 0 Å². The van der Waals surface area contributed by atoms with E-state index >= 15 is 0 Å². The minimum Gasteiger partial charge on any atom is -0.464 e. The van der Waals surface area contributed by atoms with Gasteiger partial charge in [-0.3, -0.25) is 0 Å². The van der Waals surface area contributed by atoms with Gasteiger partial charge in [0.2, 0.25) is 0 Å². The van der Waals surface area contributed by atoms with Crippen LogP contribution in [0.2, 0.25) is 5.02 Å². The van der Waals surface area contributed by atoms with Crippen LogP contribution < -0.4 is 4.90 Å². The molecule has 16 heavy (non-hydrogen) atoms. The first-order valence-corrected chi connectivity index (χ1v) is 6.06. The molecule has 1 saturated heterocycles. The molecule has 0 saturated carbocycles. The van der Waals surface area contributed by atoms with Gasteiger partial charge in [0.25, 0.3) is 0 Å². The molecule has 1 aliphatic rings. The molecule has 3 rings (SSSR count). The average molecular weight is 236 g/mol. The van der Waals surface area contributed by atoms with Crippen LogP contribution >= 0.6 is 11.6 Å². The largest absolute Gasteiger partial charge is 0.464 e. The second kappa shape index (κ2) is 3.70. The second-order valence-corrected chi connectivity index (χ2v) is 4.82. The summed E-state index contributed by atoms with van der Waals surface area (Å²) in [5.41, 5.74) is 3.19. The van der Waals surface area contributed by atoms with Crippen molar-refractivity contribution in [2.45, 2.75) is 19.8 Å². The fourth-order valence-electron chi connectivity index (χ4n) is 2.36. The first-order chi connectivity index (χ1) is 7.75. The average Bonchev–Trinajstić information content (AvgIpc) is 2.89. The lowest BCUT2D eigenvalue weighted by atomic mass is 10.1. The Morgan fingerprint density at radius 2 is 2.00 bits per heavy atom. The maximum absolute atomic E-state index is 6.33. The highest BCUT2D eigenvalue weighted by molar-refractivity contribution is 6.34. The first kappa shape index (κ1) is 10.0. The number of rotatable bonds is 1. The van der Waals surface area contributed by atoms with E-state index in [1.807, 2.05) is 13.0 Å². The SMILES string of the molecule is Cc1coc2cc(N3CCCC3)c(Cl)cc12. The van der Waals surface area contributed by atoms with E-state index in [9.17, 15) is 0 Å². The fraction of sp³-hybridized carbons (Fsp3) is 0.385. The topological polar surface area (TPSA) is 16.4 Å². The van der Waals surface area contributed by atoms with Crippen LogP contribution in [0.25, 0.3) is 11.0 Å². The standard InChI is InChI=1S/C13H14ClNO/c1-9-8-16-13-7-12(11(14)6-10(9)13)15-4-2-3-5-15/h6-8H,2-5H2,1H3. The van der Waals surface area contributed by atoms with Gasteiger partial charge >= 0.3 is 0 Å². The second-order valence-electron chi connectivity index (χ2n) is 4.41. The molecule has 1 aromatic heterocycles. The quantitative estimate of drug-likeness (QED) is 0.743. The number of nitrogens with zero attached hydrogens (tertiary/aromatic N) is 1. The third kappa shape index (κ3) is 1.49. The molecular weight excluding hydrogens is 222 g/mol. The number of fused-ring (bicyclic) bond motifs is 1. The molecule has 1 aliphatic heterocycles. The highest BCUT2D eigenvalue weighted by Gasteiger charge is 2.17. The van der Waals surface area contributed by atoms with Gasteiger partial charge in [0, 0.05) is 24.5 Å².